The molecule has 120 valence electrons. The third-order valence-corrected chi connectivity index (χ3v) is 7.09. The minimum absolute atomic E-state index is 0.435. The number of piperidine rings is 1. The average Bonchev–Trinajstić information content (AvgIpc) is 2.55. The van der Waals surface area contributed by atoms with E-state index in [1.807, 2.05) is 0 Å². The van der Waals surface area contributed by atoms with Crippen molar-refractivity contribution in [2.45, 2.75) is 63.2 Å². The van der Waals surface area contributed by atoms with Crippen LogP contribution in [0.25, 0.3) is 0 Å². The maximum atomic E-state index is 12.8. The van der Waals surface area contributed by atoms with Crippen LogP contribution in [0, 0.1) is 11.8 Å². The number of carbonyl (C=O) groups excluding carboxylic acids is 1. The van der Waals surface area contributed by atoms with Crippen LogP contribution in [0.2, 0.25) is 0 Å². The first kappa shape index (κ1) is 15.7. The summed E-state index contributed by atoms with van der Waals surface area (Å²) in [6, 6.07) is 0.543. The zero-order valence-corrected chi connectivity index (χ0v) is 14.2. The van der Waals surface area contributed by atoms with Gasteiger partial charge in [0.05, 0.1) is 0 Å². The van der Waals surface area contributed by atoms with E-state index in [4.69, 9.17) is 0 Å². The van der Waals surface area contributed by atoms with Crippen molar-refractivity contribution >= 4 is 17.7 Å². The quantitative estimate of drug-likeness (QED) is 0.870. The Hall–Kier alpha value is -0.220. The number of thioether (sulfide) groups is 1. The number of nitrogens with one attached hydrogen (secondary N) is 1. The van der Waals surface area contributed by atoms with E-state index >= 15 is 0 Å². The largest absolute Gasteiger partial charge is 0.338 e. The van der Waals surface area contributed by atoms with Crippen molar-refractivity contribution in [1.82, 2.24) is 10.2 Å². The molecule has 4 unspecified atom stereocenters. The van der Waals surface area contributed by atoms with E-state index in [9.17, 15) is 4.79 Å². The van der Waals surface area contributed by atoms with Crippen LogP contribution in [0.5, 0.6) is 0 Å². The molecule has 3 aliphatic rings. The Morgan fingerprint density at radius 3 is 2.95 bits per heavy atom. The topological polar surface area (TPSA) is 32.3 Å². The molecule has 0 bridgehead atoms. The minimum atomic E-state index is 0.435. The molecule has 0 aromatic heterocycles. The number of rotatable bonds is 3. The number of carbonyl (C=O) groups is 1. The summed E-state index contributed by atoms with van der Waals surface area (Å²) < 4.78 is 0. The first-order valence-electron chi connectivity index (χ1n) is 8.87. The van der Waals surface area contributed by atoms with Gasteiger partial charge in [-0.25, -0.2) is 0 Å². The van der Waals surface area contributed by atoms with Crippen LogP contribution in [0.1, 0.15) is 51.9 Å². The van der Waals surface area contributed by atoms with Crippen LogP contribution in [0.4, 0.5) is 0 Å². The normalized spacial score (nSPS) is 35.1. The zero-order chi connectivity index (χ0) is 14.7. The van der Waals surface area contributed by atoms with Crippen molar-refractivity contribution < 1.29 is 4.79 Å². The van der Waals surface area contributed by atoms with Crippen LogP contribution >= 0.6 is 11.8 Å². The first-order valence-corrected chi connectivity index (χ1v) is 9.92. The highest BCUT2D eigenvalue weighted by molar-refractivity contribution is 8.00. The smallest absolute Gasteiger partial charge is 0.223 e. The molecule has 1 amide bonds. The van der Waals surface area contributed by atoms with E-state index in [0.717, 1.165) is 37.1 Å². The van der Waals surface area contributed by atoms with Gasteiger partial charge in [0.15, 0.2) is 0 Å². The van der Waals surface area contributed by atoms with Gasteiger partial charge in [0.25, 0.3) is 0 Å². The molecule has 4 heteroatoms. The molecule has 0 spiro atoms. The maximum Gasteiger partial charge on any atom is 0.223 e. The van der Waals surface area contributed by atoms with Gasteiger partial charge >= 0.3 is 0 Å². The number of hydrogen-bond donors (Lipinski definition) is 1. The van der Waals surface area contributed by atoms with Crippen LogP contribution in [-0.4, -0.2) is 47.5 Å². The monoisotopic (exact) mass is 310 g/mol. The van der Waals surface area contributed by atoms with E-state index in [2.05, 4.69) is 28.9 Å². The molecular weight excluding hydrogens is 280 g/mol. The standard InChI is InChI=1S/C17H30N2OS/c1-13(14-5-4-8-18-12-14)11-17(20)19-9-10-21-16-7-3-2-6-15(16)19/h13-16,18H,2-12H2,1H3. The van der Waals surface area contributed by atoms with Gasteiger partial charge < -0.3 is 10.2 Å². The van der Waals surface area contributed by atoms with E-state index in [1.165, 1.54) is 38.5 Å². The summed E-state index contributed by atoms with van der Waals surface area (Å²) in [4.78, 5) is 15.1. The lowest BCUT2D eigenvalue weighted by Crippen LogP contribution is -2.52. The summed E-state index contributed by atoms with van der Waals surface area (Å²) in [5, 5.41) is 4.21. The molecule has 1 saturated carbocycles. The highest BCUT2D eigenvalue weighted by Gasteiger charge is 2.36. The van der Waals surface area contributed by atoms with E-state index in [0.29, 0.717) is 23.8 Å². The molecule has 0 aromatic carbocycles. The second-order valence-corrected chi connectivity index (χ2v) is 8.48. The SMILES string of the molecule is CC(CC(=O)N1CCSC2CCCCC21)C1CCCNC1. The lowest BCUT2D eigenvalue weighted by Gasteiger charge is -2.44. The van der Waals surface area contributed by atoms with E-state index < -0.39 is 0 Å². The van der Waals surface area contributed by atoms with Gasteiger partial charge in [0.2, 0.25) is 5.91 Å². The molecule has 1 N–H and O–H groups in total. The Kier molecular flexibility index (Phi) is 5.49. The van der Waals surface area contributed by atoms with Crippen molar-refractivity contribution in [2.75, 3.05) is 25.4 Å². The number of nitrogens with zero attached hydrogens (tertiary/aromatic N) is 1. The fourth-order valence-corrected chi connectivity index (χ4v) is 5.77. The van der Waals surface area contributed by atoms with Gasteiger partial charge in [0.1, 0.15) is 0 Å². The van der Waals surface area contributed by atoms with Gasteiger partial charge in [-0.2, -0.15) is 11.8 Å². The Morgan fingerprint density at radius 1 is 1.29 bits per heavy atom. The number of amides is 1. The zero-order valence-electron chi connectivity index (χ0n) is 13.4. The summed E-state index contributed by atoms with van der Waals surface area (Å²) in [5.74, 6) is 2.81. The Balaban J connectivity index is 1.56. The predicted octanol–water partition coefficient (Wildman–Crippen LogP) is 2.90. The van der Waals surface area contributed by atoms with Crippen molar-refractivity contribution in [3.63, 3.8) is 0 Å². The third kappa shape index (κ3) is 3.76. The molecule has 3 nitrogen and oxygen atoms in total. The molecule has 2 aliphatic heterocycles. The van der Waals surface area contributed by atoms with Crippen LogP contribution in [0.15, 0.2) is 0 Å². The maximum absolute atomic E-state index is 12.8. The van der Waals surface area contributed by atoms with Gasteiger partial charge in [-0.1, -0.05) is 19.8 Å². The second-order valence-electron chi connectivity index (χ2n) is 7.14. The van der Waals surface area contributed by atoms with Crippen LogP contribution in [-0.2, 0) is 4.79 Å². The van der Waals surface area contributed by atoms with Crippen molar-refractivity contribution in [1.29, 1.82) is 0 Å². The Labute approximate surface area is 133 Å². The predicted molar refractivity (Wildman–Crippen MR) is 89.6 cm³/mol. The summed E-state index contributed by atoms with van der Waals surface area (Å²) in [7, 11) is 0. The fourth-order valence-electron chi connectivity index (χ4n) is 4.33. The number of fused-ring (bicyclic) bond motifs is 1. The third-order valence-electron chi connectivity index (χ3n) is 5.69. The van der Waals surface area contributed by atoms with Gasteiger partial charge in [-0.05, 0) is 50.6 Å². The van der Waals surface area contributed by atoms with E-state index in [-0.39, 0.29) is 0 Å². The summed E-state index contributed by atoms with van der Waals surface area (Å²) >= 11 is 2.11. The molecule has 21 heavy (non-hydrogen) atoms. The van der Waals surface area contributed by atoms with Crippen LogP contribution < -0.4 is 5.32 Å². The van der Waals surface area contributed by atoms with Gasteiger partial charge in [-0.15, -0.1) is 0 Å². The molecule has 3 fully saturated rings. The van der Waals surface area contributed by atoms with E-state index in [1.54, 1.807) is 0 Å². The van der Waals surface area contributed by atoms with Gasteiger partial charge in [-0.3, -0.25) is 4.79 Å². The van der Waals surface area contributed by atoms with Crippen molar-refractivity contribution in [3.05, 3.63) is 0 Å². The Morgan fingerprint density at radius 2 is 2.14 bits per heavy atom. The summed E-state index contributed by atoms with van der Waals surface area (Å²) in [6.07, 6.45) is 8.57. The van der Waals surface area contributed by atoms with Crippen molar-refractivity contribution in [2.24, 2.45) is 11.8 Å². The summed E-state index contributed by atoms with van der Waals surface area (Å²) in [5.41, 5.74) is 0. The number of hydrogen-bond acceptors (Lipinski definition) is 3. The fraction of sp³-hybridized carbons (Fsp3) is 0.941. The van der Waals surface area contributed by atoms with Crippen LogP contribution in [0.3, 0.4) is 0 Å². The second kappa shape index (κ2) is 7.36. The molecule has 2 heterocycles. The molecule has 0 radical (unpaired) electrons. The highest BCUT2D eigenvalue weighted by Crippen LogP contribution is 2.36. The lowest BCUT2D eigenvalue weighted by atomic mass is 9.84. The van der Waals surface area contributed by atoms with Gasteiger partial charge in [0, 0.05) is 30.0 Å². The molecule has 2 saturated heterocycles. The molecule has 4 atom stereocenters. The summed E-state index contributed by atoms with van der Waals surface area (Å²) in [6.45, 7) is 5.54. The minimum Gasteiger partial charge on any atom is -0.338 e. The lowest BCUT2D eigenvalue weighted by molar-refractivity contribution is -0.135. The van der Waals surface area contributed by atoms with Crippen molar-refractivity contribution in [3.8, 4) is 0 Å². The Bertz CT molecular complexity index is 355. The molecule has 1 aliphatic carbocycles. The molecule has 3 rings (SSSR count). The average molecular weight is 311 g/mol. The highest BCUT2D eigenvalue weighted by atomic mass is 32.2. The first-order chi connectivity index (χ1) is 10.3. The molecule has 0 aromatic rings. The molecular formula is C17H30N2OS.